The van der Waals surface area contributed by atoms with Gasteiger partial charge in [0.2, 0.25) is 5.91 Å². The second-order valence-electron chi connectivity index (χ2n) is 8.45. The molecule has 0 bridgehead atoms. The Morgan fingerprint density at radius 1 is 0.931 bits per heavy atom. The average Bonchev–Trinajstić information content (AvgIpc) is 2.60. The molecular formula is C24H32N2O3. The third-order valence-electron chi connectivity index (χ3n) is 4.35. The summed E-state index contributed by atoms with van der Waals surface area (Å²) in [6.07, 6.45) is 0.816. The Balaban J connectivity index is 2.08. The van der Waals surface area contributed by atoms with Crippen molar-refractivity contribution < 1.29 is 14.3 Å². The Morgan fingerprint density at radius 3 is 2.07 bits per heavy atom. The van der Waals surface area contributed by atoms with Crippen LogP contribution in [-0.2, 0) is 16.0 Å². The van der Waals surface area contributed by atoms with E-state index in [1.165, 1.54) is 12.5 Å². The number of carbonyl (C=O) groups excluding carboxylic acids is 2. The van der Waals surface area contributed by atoms with Crippen molar-refractivity contribution in [1.29, 1.82) is 0 Å². The predicted molar refractivity (Wildman–Crippen MR) is 117 cm³/mol. The number of benzene rings is 2. The maximum atomic E-state index is 12.3. The van der Waals surface area contributed by atoms with Gasteiger partial charge < -0.3 is 15.4 Å². The number of nitrogens with one attached hydrogen (secondary N) is 2. The lowest BCUT2D eigenvalue weighted by atomic mass is 9.97. The molecule has 2 rings (SSSR count). The van der Waals surface area contributed by atoms with E-state index in [0.29, 0.717) is 12.8 Å². The van der Waals surface area contributed by atoms with E-state index in [-0.39, 0.29) is 18.0 Å². The smallest absolute Gasteiger partial charge is 0.407 e. The van der Waals surface area contributed by atoms with Crippen LogP contribution in [0.2, 0.25) is 0 Å². The van der Waals surface area contributed by atoms with Crippen LogP contribution >= 0.6 is 0 Å². The van der Waals surface area contributed by atoms with E-state index in [9.17, 15) is 9.59 Å². The lowest BCUT2D eigenvalue weighted by Gasteiger charge is -2.26. The van der Waals surface area contributed by atoms with Gasteiger partial charge in [-0.1, -0.05) is 54.6 Å². The number of ether oxygens (including phenoxy) is 1. The van der Waals surface area contributed by atoms with E-state index in [0.717, 1.165) is 11.1 Å². The zero-order valence-corrected chi connectivity index (χ0v) is 18.0. The molecule has 0 aliphatic heterocycles. The Hall–Kier alpha value is -2.82. The van der Waals surface area contributed by atoms with Crippen LogP contribution in [0.4, 0.5) is 4.79 Å². The second kappa shape index (κ2) is 10.1. The zero-order chi connectivity index (χ0) is 21.4. The lowest BCUT2D eigenvalue weighted by Crippen LogP contribution is -2.44. The minimum atomic E-state index is -0.560. The van der Waals surface area contributed by atoms with Gasteiger partial charge >= 0.3 is 6.09 Å². The average molecular weight is 397 g/mol. The maximum Gasteiger partial charge on any atom is 0.407 e. The van der Waals surface area contributed by atoms with Crippen LogP contribution in [0.3, 0.4) is 0 Å². The van der Waals surface area contributed by atoms with Crippen molar-refractivity contribution in [2.45, 2.75) is 65.1 Å². The van der Waals surface area contributed by atoms with Crippen LogP contribution in [-0.4, -0.2) is 29.7 Å². The summed E-state index contributed by atoms with van der Waals surface area (Å²) in [5.74, 6) is -0.0827. The molecule has 0 radical (unpaired) electrons. The van der Waals surface area contributed by atoms with Crippen molar-refractivity contribution in [1.82, 2.24) is 10.6 Å². The first-order valence-electron chi connectivity index (χ1n) is 10.0. The standard InChI is InChI=1S/C24H32N2O3/c1-17(25-18(2)27)15-22(26-23(28)29-24(3,4)5)16-19-11-13-21(14-12-19)20-9-7-6-8-10-20/h6-14,17,22H,15-16H2,1-5H3,(H,25,27)(H,26,28)/t17-,22+/m0/s1. The fourth-order valence-corrected chi connectivity index (χ4v) is 3.25. The van der Waals surface area contributed by atoms with E-state index < -0.39 is 11.7 Å². The van der Waals surface area contributed by atoms with Gasteiger partial charge in [0, 0.05) is 19.0 Å². The minimum Gasteiger partial charge on any atom is -0.444 e. The van der Waals surface area contributed by atoms with Crippen LogP contribution in [0.25, 0.3) is 11.1 Å². The van der Waals surface area contributed by atoms with E-state index >= 15 is 0 Å². The van der Waals surface area contributed by atoms with Gasteiger partial charge in [-0.15, -0.1) is 0 Å². The molecule has 2 amide bonds. The van der Waals surface area contributed by atoms with Crippen molar-refractivity contribution >= 4 is 12.0 Å². The normalized spacial score (nSPS) is 13.3. The van der Waals surface area contributed by atoms with Gasteiger partial charge in [-0.05, 0) is 57.2 Å². The monoisotopic (exact) mass is 396 g/mol. The first-order valence-corrected chi connectivity index (χ1v) is 10.0. The zero-order valence-electron chi connectivity index (χ0n) is 18.0. The van der Waals surface area contributed by atoms with Crippen molar-refractivity contribution in [3.8, 4) is 11.1 Å². The topological polar surface area (TPSA) is 67.4 Å². The molecule has 0 fully saturated rings. The molecule has 2 aromatic carbocycles. The fraction of sp³-hybridized carbons (Fsp3) is 0.417. The SMILES string of the molecule is CC(=O)N[C@@H](C)C[C@H](Cc1ccc(-c2ccccc2)cc1)NC(=O)OC(C)(C)C. The summed E-state index contributed by atoms with van der Waals surface area (Å²) in [5, 5.41) is 5.84. The molecule has 2 atom stereocenters. The molecule has 2 aromatic rings. The predicted octanol–water partition coefficient (Wildman–Crippen LogP) is 4.70. The number of hydrogen-bond acceptors (Lipinski definition) is 3. The molecule has 29 heavy (non-hydrogen) atoms. The highest BCUT2D eigenvalue weighted by molar-refractivity contribution is 5.73. The highest BCUT2D eigenvalue weighted by atomic mass is 16.6. The summed E-state index contributed by atoms with van der Waals surface area (Å²) in [5.41, 5.74) is 2.87. The van der Waals surface area contributed by atoms with E-state index in [2.05, 4.69) is 47.0 Å². The summed E-state index contributed by atoms with van der Waals surface area (Å²) in [6, 6.07) is 18.3. The molecule has 0 heterocycles. The third-order valence-corrected chi connectivity index (χ3v) is 4.35. The Kier molecular flexibility index (Phi) is 7.82. The highest BCUT2D eigenvalue weighted by Gasteiger charge is 2.21. The number of carbonyl (C=O) groups is 2. The first kappa shape index (κ1) is 22.5. The van der Waals surface area contributed by atoms with Crippen LogP contribution in [0.15, 0.2) is 54.6 Å². The third kappa shape index (κ3) is 8.38. The summed E-state index contributed by atoms with van der Waals surface area (Å²) >= 11 is 0. The molecular weight excluding hydrogens is 364 g/mol. The molecule has 0 spiro atoms. The summed E-state index contributed by atoms with van der Waals surface area (Å²) in [4.78, 5) is 23.6. The molecule has 0 aromatic heterocycles. The maximum absolute atomic E-state index is 12.3. The quantitative estimate of drug-likeness (QED) is 0.713. The molecule has 0 saturated heterocycles. The van der Waals surface area contributed by atoms with Crippen molar-refractivity contribution in [2.75, 3.05) is 0 Å². The summed E-state index contributed by atoms with van der Waals surface area (Å²) in [7, 11) is 0. The molecule has 2 N–H and O–H groups in total. The van der Waals surface area contributed by atoms with Crippen LogP contribution in [0.5, 0.6) is 0 Å². The molecule has 0 saturated carbocycles. The van der Waals surface area contributed by atoms with Crippen molar-refractivity contribution in [3.05, 3.63) is 60.2 Å². The van der Waals surface area contributed by atoms with Crippen molar-refractivity contribution in [2.24, 2.45) is 0 Å². The van der Waals surface area contributed by atoms with Gasteiger partial charge in [0.25, 0.3) is 0 Å². The van der Waals surface area contributed by atoms with Crippen LogP contribution < -0.4 is 10.6 Å². The van der Waals surface area contributed by atoms with E-state index in [4.69, 9.17) is 4.74 Å². The number of amides is 2. The highest BCUT2D eigenvalue weighted by Crippen LogP contribution is 2.20. The molecule has 156 valence electrons. The Morgan fingerprint density at radius 2 is 1.52 bits per heavy atom. The Labute approximate surface area is 173 Å². The van der Waals surface area contributed by atoms with Gasteiger partial charge in [0.1, 0.15) is 5.60 Å². The van der Waals surface area contributed by atoms with Crippen LogP contribution in [0, 0.1) is 0 Å². The largest absolute Gasteiger partial charge is 0.444 e. The van der Waals surface area contributed by atoms with Crippen LogP contribution in [0.1, 0.15) is 46.6 Å². The Bertz CT molecular complexity index is 795. The van der Waals surface area contributed by atoms with Gasteiger partial charge in [-0.2, -0.15) is 0 Å². The second-order valence-corrected chi connectivity index (χ2v) is 8.45. The fourth-order valence-electron chi connectivity index (χ4n) is 3.25. The molecule has 0 aliphatic rings. The van der Waals surface area contributed by atoms with Gasteiger partial charge in [0.05, 0.1) is 0 Å². The summed E-state index contributed by atoms with van der Waals surface area (Å²) in [6.45, 7) is 8.94. The molecule has 5 nitrogen and oxygen atoms in total. The van der Waals surface area contributed by atoms with E-state index in [1.54, 1.807) is 0 Å². The van der Waals surface area contributed by atoms with Crippen molar-refractivity contribution in [3.63, 3.8) is 0 Å². The van der Waals surface area contributed by atoms with Gasteiger partial charge in [-0.3, -0.25) is 4.79 Å². The number of rotatable bonds is 7. The molecule has 0 unspecified atom stereocenters. The van der Waals surface area contributed by atoms with Gasteiger partial charge in [0.15, 0.2) is 0 Å². The number of hydrogen-bond donors (Lipinski definition) is 2. The molecule has 0 aliphatic carbocycles. The van der Waals surface area contributed by atoms with E-state index in [1.807, 2.05) is 45.9 Å². The molecule has 5 heteroatoms. The first-order chi connectivity index (χ1) is 13.6. The summed E-state index contributed by atoms with van der Waals surface area (Å²) < 4.78 is 5.41. The minimum absolute atomic E-state index is 0.0592. The number of alkyl carbamates (subject to hydrolysis) is 1. The lowest BCUT2D eigenvalue weighted by molar-refractivity contribution is -0.119. The van der Waals surface area contributed by atoms with Gasteiger partial charge in [-0.25, -0.2) is 4.79 Å².